The van der Waals surface area contributed by atoms with Crippen LogP contribution in [0.5, 0.6) is 0 Å². The summed E-state index contributed by atoms with van der Waals surface area (Å²) >= 11 is 0.461. The highest BCUT2D eigenvalue weighted by Gasteiger charge is 2.31. The molecule has 1 N–H and O–H groups in total. The first-order valence-electron chi connectivity index (χ1n) is 4.01. The van der Waals surface area contributed by atoms with Gasteiger partial charge in [0, 0.05) is 6.92 Å². The van der Waals surface area contributed by atoms with Crippen LogP contribution in [0.15, 0.2) is 0 Å². The SMILES string of the molecule is CC(=O)c1sc(CC(F)(F)F)nc1C(=O)O. The number of aromatic carboxylic acids is 1. The van der Waals surface area contributed by atoms with Crippen molar-refractivity contribution in [3.63, 3.8) is 0 Å². The number of ketones is 1. The molecule has 16 heavy (non-hydrogen) atoms. The molecular formula is C8H6F3NO3S. The summed E-state index contributed by atoms with van der Waals surface area (Å²) in [6.07, 6.45) is -5.80. The summed E-state index contributed by atoms with van der Waals surface area (Å²) in [5, 5.41) is 8.22. The third kappa shape index (κ3) is 3.02. The number of carbonyl (C=O) groups excluding carboxylic acids is 1. The average Bonchev–Trinajstić information content (AvgIpc) is 2.44. The topological polar surface area (TPSA) is 67.3 Å². The first-order valence-corrected chi connectivity index (χ1v) is 4.83. The fourth-order valence-electron chi connectivity index (χ4n) is 0.995. The van der Waals surface area contributed by atoms with Crippen molar-refractivity contribution in [2.45, 2.75) is 19.5 Å². The van der Waals surface area contributed by atoms with Gasteiger partial charge < -0.3 is 5.11 Å². The smallest absolute Gasteiger partial charge is 0.395 e. The minimum absolute atomic E-state index is 0.258. The minimum Gasteiger partial charge on any atom is -0.476 e. The van der Waals surface area contributed by atoms with Gasteiger partial charge in [-0.25, -0.2) is 9.78 Å². The number of nitrogens with zero attached hydrogens (tertiary/aromatic N) is 1. The third-order valence-electron chi connectivity index (χ3n) is 1.55. The molecule has 0 aliphatic carbocycles. The Kier molecular flexibility index (Phi) is 3.32. The lowest BCUT2D eigenvalue weighted by molar-refractivity contribution is -0.127. The molecule has 0 amide bonds. The predicted molar refractivity (Wildman–Crippen MR) is 48.8 cm³/mol. The molecule has 8 heteroatoms. The molecule has 0 unspecified atom stereocenters. The van der Waals surface area contributed by atoms with Gasteiger partial charge in [-0.15, -0.1) is 11.3 Å². The van der Waals surface area contributed by atoms with Gasteiger partial charge >= 0.3 is 12.1 Å². The fourth-order valence-corrected chi connectivity index (χ4v) is 1.98. The molecule has 0 fully saturated rings. The molecule has 1 rings (SSSR count). The normalized spacial score (nSPS) is 11.5. The molecule has 1 aromatic heterocycles. The molecule has 0 aliphatic rings. The van der Waals surface area contributed by atoms with Gasteiger partial charge in [0.1, 0.15) is 9.88 Å². The number of thiazole rings is 1. The van der Waals surface area contributed by atoms with Crippen LogP contribution in [0.1, 0.15) is 32.1 Å². The van der Waals surface area contributed by atoms with E-state index in [1.165, 1.54) is 0 Å². The van der Waals surface area contributed by atoms with Crippen molar-refractivity contribution >= 4 is 23.1 Å². The molecule has 0 saturated heterocycles. The second-order valence-corrected chi connectivity index (χ2v) is 4.02. The Labute approximate surface area is 91.7 Å². The van der Waals surface area contributed by atoms with E-state index in [0.29, 0.717) is 11.3 Å². The zero-order valence-electron chi connectivity index (χ0n) is 7.96. The quantitative estimate of drug-likeness (QED) is 0.838. The van der Waals surface area contributed by atoms with Crippen molar-refractivity contribution in [3.05, 3.63) is 15.6 Å². The van der Waals surface area contributed by atoms with Gasteiger partial charge in [0.05, 0.1) is 6.42 Å². The molecule has 0 saturated carbocycles. The summed E-state index contributed by atoms with van der Waals surface area (Å²) in [5.74, 6) is -2.11. The van der Waals surface area contributed by atoms with Gasteiger partial charge in [0.15, 0.2) is 11.5 Å². The van der Waals surface area contributed by atoms with Gasteiger partial charge in [0.25, 0.3) is 0 Å². The van der Waals surface area contributed by atoms with Gasteiger partial charge in [-0.2, -0.15) is 13.2 Å². The highest BCUT2D eigenvalue weighted by molar-refractivity contribution is 7.14. The summed E-state index contributed by atoms with van der Waals surface area (Å²) < 4.78 is 36.1. The van der Waals surface area contributed by atoms with Gasteiger partial charge in [-0.1, -0.05) is 0 Å². The standard InChI is InChI=1S/C8H6F3NO3S/c1-3(13)6-5(7(14)15)12-4(16-6)2-8(9,10)11/h2H2,1H3,(H,14,15). The maximum Gasteiger partial charge on any atom is 0.395 e. The second kappa shape index (κ2) is 4.20. The van der Waals surface area contributed by atoms with E-state index < -0.39 is 35.1 Å². The van der Waals surface area contributed by atoms with Crippen LogP contribution >= 0.6 is 11.3 Å². The Balaban J connectivity index is 3.12. The number of aromatic nitrogens is 1. The maximum absolute atomic E-state index is 12.0. The molecule has 0 radical (unpaired) electrons. The monoisotopic (exact) mass is 253 g/mol. The van der Waals surface area contributed by atoms with Crippen LogP contribution in [0.4, 0.5) is 13.2 Å². The van der Waals surface area contributed by atoms with Gasteiger partial charge in [0.2, 0.25) is 0 Å². The van der Waals surface area contributed by atoms with Crippen LogP contribution < -0.4 is 0 Å². The number of carbonyl (C=O) groups is 2. The van der Waals surface area contributed by atoms with Crippen molar-refractivity contribution in [1.82, 2.24) is 4.98 Å². The van der Waals surface area contributed by atoms with Crippen LogP contribution in [0, 0.1) is 0 Å². The second-order valence-electron chi connectivity index (χ2n) is 2.94. The first-order chi connectivity index (χ1) is 7.20. The Hall–Kier alpha value is -1.44. The molecule has 1 heterocycles. The number of Topliss-reactive ketones (excluding diaryl/α,β-unsaturated/α-hetero) is 1. The van der Waals surface area contributed by atoms with Crippen molar-refractivity contribution in [2.75, 3.05) is 0 Å². The average molecular weight is 253 g/mol. The van der Waals surface area contributed by atoms with E-state index in [9.17, 15) is 22.8 Å². The van der Waals surface area contributed by atoms with Crippen LogP contribution in [0.2, 0.25) is 0 Å². The lowest BCUT2D eigenvalue weighted by Crippen LogP contribution is -2.11. The van der Waals surface area contributed by atoms with Crippen molar-refractivity contribution in [1.29, 1.82) is 0 Å². The lowest BCUT2D eigenvalue weighted by atomic mass is 10.3. The number of hydrogen-bond donors (Lipinski definition) is 1. The van der Waals surface area contributed by atoms with Crippen LogP contribution in [-0.2, 0) is 6.42 Å². The Morgan fingerprint density at radius 3 is 2.31 bits per heavy atom. The summed E-state index contributed by atoms with van der Waals surface area (Å²) in [5.41, 5.74) is -0.614. The molecule has 0 aromatic carbocycles. The number of alkyl halides is 3. The molecule has 4 nitrogen and oxygen atoms in total. The molecule has 0 atom stereocenters. The Morgan fingerprint density at radius 2 is 2.00 bits per heavy atom. The number of hydrogen-bond acceptors (Lipinski definition) is 4. The first kappa shape index (κ1) is 12.6. The molecule has 0 bridgehead atoms. The number of carboxylic acids is 1. The van der Waals surface area contributed by atoms with E-state index in [1.54, 1.807) is 0 Å². The van der Waals surface area contributed by atoms with Gasteiger partial charge in [-0.3, -0.25) is 4.79 Å². The van der Waals surface area contributed by atoms with Crippen LogP contribution in [0.25, 0.3) is 0 Å². The summed E-state index contributed by atoms with van der Waals surface area (Å²) in [7, 11) is 0. The zero-order valence-corrected chi connectivity index (χ0v) is 8.78. The number of carboxylic acid groups (broad SMARTS) is 1. The van der Waals surface area contributed by atoms with Crippen molar-refractivity contribution in [3.8, 4) is 0 Å². The zero-order chi connectivity index (χ0) is 12.5. The molecule has 1 aromatic rings. The minimum atomic E-state index is -4.47. The number of rotatable bonds is 3. The van der Waals surface area contributed by atoms with E-state index in [4.69, 9.17) is 5.11 Å². The van der Waals surface area contributed by atoms with E-state index in [1.807, 2.05) is 0 Å². The highest BCUT2D eigenvalue weighted by Crippen LogP contribution is 2.26. The van der Waals surface area contributed by atoms with E-state index in [-0.39, 0.29) is 4.88 Å². The predicted octanol–water partition coefficient (Wildman–Crippen LogP) is 2.15. The maximum atomic E-state index is 12.0. The van der Waals surface area contributed by atoms with Gasteiger partial charge in [-0.05, 0) is 0 Å². The number of halogens is 3. The fraction of sp³-hybridized carbons (Fsp3) is 0.375. The van der Waals surface area contributed by atoms with Crippen LogP contribution in [0.3, 0.4) is 0 Å². The Bertz CT molecular complexity index is 407. The van der Waals surface area contributed by atoms with Crippen molar-refractivity contribution in [2.24, 2.45) is 0 Å². The largest absolute Gasteiger partial charge is 0.476 e. The molecule has 0 spiro atoms. The van der Waals surface area contributed by atoms with Crippen molar-refractivity contribution < 1.29 is 27.9 Å². The summed E-state index contributed by atoms with van der Waals surface area (Å²) in [4.78, 5) is 24.6. The lowest BCUT2D eigenvalue weighted by Gasteiger charge is -2.01. The Morgan fingerprint density at radius 1 is 1.44 bits per heavy atom. The third-order valence-corrected chi connectivity index (χ3v) is 2.70. The molecule has 88 valence electrons. The molecule has 0 aliphatic heterocycles. The highest BCUT2D eigenvalue weighted by atomic mass is 32.1. The molecular weight excluding hydrogens is 247 g/mol. The van der Waals surface area contributed by atoms with Crippen LogP contribution in [-0.4, -0.2) is 28.0 Å². The van der Waals surface area contributed by atoms with E-state index >= 15 is 0 Å². The summed E-state index contributed by atoms with van der Waals surface area (Å²) in [6.45, 7) is 1.08. The summed E-state index contributed by atoms with van der Waals surface area (Å²) in [6, 6.07) is 0. The van der Waals surface area contributed by atoms with E-state index in [0.717, 1.165) is 6.92 Å². The van der Waals surface area contributed by atoms with E-state index in [2.05, 4.69) is 4.98 Å².